The van der Waals surface area contributed by atoms with Crippen LogP contribution in [0, 0.1) is 13.8 Å². The molecule has 0 spiro atoms. The minimum atomic E-state index is 0.845. The number of thiophene rings is 1. The fourth-order valence-electron chi connectivity index (χ4n) is 1.71. The highest BCUT2D eigenvalue weighted by Gasteiger charge is 2.03. The van der Waals surface area contributed by atoms with Crippen molar-refractivity contribution in [2.24, 2.45) is 0 Å². The summed E-state index contributed by atoms with van der Waals surface area (Å²) in [5.41, 5.74) is 2.25. The average molecular weight is 247 g/mol. The van der Waals surface area contributed by atoms with E-state index in [-0.39, 0.29) is 0 Å². The largest absolute Gasteiger partial charge is 0.495 e. The summed E-state index contributed by atoms with van der Waals surface area (Å²) in [5.74, 6) is 0.901. The fourth-order valence-corrected chi connectivity index (χ4v) is 2.54. The van der Waals surface area contributed by atoms with Crippen LogP contribution >= 0.6 is 11.3 Å². The third-order valence-electron chi connectivity index (χ3n) is 2.61. The van der Waals surface area contributed by atoms with E-state index in [4.69, 9.17) is 4.74 Å². The van der Waals surface area contributed by atoms with E-state index in [0.717, 1.165) is 18.0 Å². The third-order valence-corrected chi connectivity index (χ3v) is 3.61. The lowest BCUT2D eigenvalue weighted by Crippen LogP contribution is -2.00. The number of rotatable bonds is 4. The van der Waals surface area contributed by atoms with E-state index >= 15 is 0 Å². The van der Waals surface area contributed by atoms with E-state index in [1.807, 2.05) is 17.4 Å². The molecule has 90 valence electrons. The molecule has 0 saturated heterocycles. The predicted octanol–water partition coefficient (Wildman–Crippen LogP) is 3.99. The fraction of sp³-hybridized carbons (Fsp3) is 0.286. The molecule has 17 heavy (non-hydrogen) atoms. The van der Waals surface area contributed by atoms with Gasteiger partial charge >= 0.3 is 0 Å². The van der Waals surface area contributed by atoms with Crippen molar-refractivity contribution in [3.05, 3.63) is 45.6 Å². The lowest BCUT2D eigenvalue weighted by atomic mass is 10.2. The molecule has 1 heterocycles. The molecule has 0 aliphatic rings. The summed E-state index contributed by atoms with van der Waals surface area (Å²) in [6.07, 6.45) is 0. The van der Waals surface area contributed by atoms with Gasteiger partial charge in [-0.1, -0.05) is 6.07 Å². The first-order valence-corrected chi connectivity index (χ1v) is 6.44. The van der Waals surface area contributed by atoms with Crippen LogP contribution < -0.4 is 10.1 Å². The van der Waals surface area contributed by atoms with Crippen molar-refractivity contribution >= 4 is 17.0 Å². The summed E-state index contributed by atoms with van der Waals surface area (Å²) in [6, 6.07) is 10.5. The molecule has 2 rings (SSSR count). The van der Waals surface area contributed by atoms with Gasteiger partial charge in [-0.2, -0.15) is 0 Å². The van der Waals surface area contributed by atoms with Crippen LogP contribution in [-0.4, -0.2) is 7.11 Å². The Balaban J connectivity index is 2.08. The van der Waals surface area contributed by atoms with Crippen LogP contribution in [0.3, 0.4) is 0 Å². The van der Waals surface area contributed by atoms with E-state index < -0.39 is 0 Å². The van der Waals surface area contributed by atoms with Gasteiger partial charge < -0.3 is 10.1 Å². The highest BCUT2D eigenvalue weighted by atomic mass is 32.1. The lowest BCUT2D eigenvalue weighted by molar-refractivity contribution is 0.416. The highest BCUT2D eigenvalue weighted by Crippen LogP contribution is 2.26. The van der Waals surface area contributed by atoms with E-state index in [9.17, 15) is 0 Å². The molecule has 0 aliphatic carbocycles. The van der Waals surface area contributed by atoms with Gasteiger partial charge in [0.1, 0.15) is 5.75 Å². The Morgan fingerprint density at radius 1 is 1.18 bits per heavy atom. The summed E-state index contributed by atoms with van der Waals surface area (Å²) >= 11 is 1.82. The monoisotopic (exact) mass is 247 g/mol. The van der Waals surface area contributed by atoms with Crippen LogP contribution in [0.15, 0.2) is 30.3 Å². The first-order valence-electron chi connectivity index (χ1n) is 5.63. The molecule has 1 N–H and O–H groups in total. The van der Waals surface area contributed by atoms with Crippen LogP contribution in [-0.2, 0) is 6.54 Å². The van der Waals surface area contributed by atoms with Crippen LogP contribution in [0.25, 0.3) is 0 Å². The normalized spacial score (nSPS) is 10.3. The van der Waals surface area contributed by atoms with E-state index in [0.29, 0.717) is 0 Å². The third kappa shape index (κ3) is 3.01. The molecule has 0 bridgehead atoms. The first-order chi connectivity index (χ1) is 8.19. The van der Waals surface area contributed by atoms with Crippen molar-refractivity contribution in [1.82, 2.24) is 0 Å². The number of methoxy groups -OCH3 is 1. The lowest BCUT2D eigenvalue weighted by Gasteiger charge is -2.11. The maximum atomic E-state index is 5.36. The molecular weight excluding hydrogens is 230 g/mol. The van der Waals surface area contributed by atoms with Crippen LogP contribution in [0.5, 0.6) is 5.75 Å². The van der Waals surface area contributed by atoms with Crippen LogP contribution in [0.4, 0.5) is 5.69 Å². The maximum Gasteiger partial charge on any atom is 0.142 e. The van der Waals surface area contributed by atoms with Gasteiger partial charge in [0.05, 0.1) is 12.8 Å². The number of aryl methyl sites for hydroxylation is 2. The Morgan fingerprint density at radius 2 is 2.00 bits per heavy atom. The smallest absolute Gasteiger partial charge is 0.142 e. The van der Waals surface area contributed by atoms with Gasteiger partial charge in [-0.15, -0.1) is 11.3 Å². The van der Waals surface area contributed by atoms with Crippen molar-refractivity contribution < 1.29 is 4.74 Å². The second-order valence-corrected chi connectivity index (χ2v) is 5.44. The van der Waals surface area contributed by atoms with Crippen LogP contribution in [0.2, 0.25) is 0 Å². The summed E-state index contributed by atoms with van der Waals surface area (Å²) < 4.78 is 5.36. The zero-order chi connectivity index (χ0) is 12.3. The van der Waals surface area contributed by atoms with Gasteiger partial charge in [-0.25, -0.2) is 0 Å². The van der Waals surface area contributed by atoms with Gasteiger partial charge in [0, 0.05) is 16.3 Å². The molecule has 0 saturated carbocycles. The zero-order valence-corrected chi connectivity index (χ0v) is 11.2. The van der Waals surface area contributed by atoms with Crippen molar-refractivity contribution in [2.75, 3.05) is 12.4 Å². The maximum absolute atomic E-state index is 5.36. The highest BCUT2D eigenvalue weighted by molar-refractivity contribution is 7.11. The quantitative estimate of drug-likeness (QED) is 0.882. The van der Waals surface area contributed by atoms with Crippen molar-refractivity contribution in [2.45, 2.75) is 20.4 Å². The number of ether oxygens (including phenoxy) is 1. The summed E-state index contributed by atoms with van der Waals surface area (Å²) in [4.78, 5) is 2.68. The number of hydrogen-bond donors (Lipinski definition) is 1. The Kier molecular flexibility index (Phi) is 3.69. The van der Waals surface area contributed by atoms with Crippen molar-refractivity contribution in [3.63, 3.8) is 0 Å². The molecular formula is C14H17NOS. The predicted molar refractivity (Wildman–Crippen MR) is 74.1 cm³/mol. The van der Waals surface area contributed by atoms with E-state index in [1.165, 1.54) is 15.3 Å². The Hall–Kier alpha value is -1.48. The van der Waals surface area contributed by atoms with Gasteiger partial charge in [-0.05, 0) is 43.7 Å². The minimum absolute atomic E-state index is 0.845. The summed E-state index contributed by atoms with van der Waals surface area (Å²) in [7, 11) is 1.70. The SMILES string of the molecule is COc1cc(C)ccc1NCc1ccc(C)s1. The molecule has 0 amide bonds. The molecule has 1 aromatic carbocycles. The number of benzene rings is 1. The summed E-state index contributed by atoms with van der Waals surface area (Å²) in [5, 5.41) is 3.41. The topological polar surface area (TPSA) is 21.3 Å². The first kappa shape index (κ1) is 12.0. The Labute approximate surface area is 106 Å². The van der Waals surface area contributed by atoms with Gasteiger partial charge in [0.15, 0.2) is 0 Å². The zero-order valence-electron chi connectivity index (χ0n) is 10.4. The second kappa shape index (κ2) is 5.23. The van der Waals surface area contributed by atoms with Gasteiger partial charge in [0.2, 0.25) is 0 Å². The van der Waals surface area contributed by atoms with Gasteiger partial charge in [0.25, 0.3) is 0 Å². The van der Waals surface area contributed by atoms with E-state index in [1.54, 1.807) is 7.11 Å². The summed E-state index contributed by atoms with van der Waals surface area (Å²) in [6.45, 7) is 5.04. The number of anilines is 1. The number of nitrogens with one attached hydrogen (secondary N) is 1. The molecule has 2 aromatic rings. The second-order valence-electron chi connectivity index (χ2n) is 4.07. The molecule has 0 fully saturated rings. The molecule has 0 radical (unpaired) electrons. The molecule has 2 nitrogen and oxygen atoms in total. The Morgan fingerprint density at radius 3 is 2.65 bits per heavy atom. The molecule has 0 aliphatic heterocycles. The van der Waals surface area contributed by atoms with Gasteiger partial charge in [-0.3, -0.25) is 0 Å². The Bertz CT molecular complexity index is 505. The standard InChI is InChI=1S/C14H17NOS/c1-10-4-7-13(14(8-10)16-3)15-9-12-6-5-11(2)17-12/h4-8,15H,9H2,1-3H3. The van der Waals surface area contributed by atoms with Crippen LogP contribution in [0.1, 0.15) is 15.3 Å². The van der Waals surface area contributed by atoms with Crippen molar-refractivity contribution in [3.8, 4) is 5.75 Å². The number of hydrogen-bond acceptors (Lipinski definition) is 3. The molecule has 1 aromatic heterocycles. The van der Waals surface area contributed by atoms with Crippen molar-refractivity contribution in [1.29, 1.82) is 0 Å². The average Bonchev–Trinajstić information content (AvgIpc) is 2.73. The molecule has 3 heteroatoms. The molecule has 0 atom stereocenters. The minimum Gasteiger partial charge on any atom is -0.495 e. The van der Waals surface area contributed by atoms with E-state index in [2.05, 4.69) is 43.4 Å². The molecule has 0 unspecified atom stereocenters.